The number of amides is 1. The third-order valence-electron chi connectivity index (χ3n) is 6.32. The first-order chi connectivity index (χ1) is 17.3. The van der Waals surface area contributed by atoms with E-state index in [9.17, 15) is 15.3 Å². The second kappa shape index (κ2) is 10.6. The van der Waals surface area contributed by atoms with Gasteiger partial charge in [0.05, 0.1) is 22.7 Å². The summed E-state index contributed by atoms with van der Waals surface area (Å²) in [5.41, 5.74) is 3.89. The minimum atomic E-state index is -0.801. The number of hydrogen-bond donors (Lipinski definition) is 2. The number of pyridine rings is 2. The molecular weight excluding hydrogens is 452 g/mol. The second-order valence-corrected chi connectivity index (χ2v) is 9.41. The standard InChI is InChI=1S/C28H28N6O2/c1-18-4-5-23(34-27(35)19-6-9-31-25(13-19)28(2,3)17-30)14-24(18)21-12-20(15-29)26(32-16-21)33-22-7-10-36-11-8-22/h4-6,9,12-14,16,22H,7-8,10-11H2,1-3H3,(H,32,33)(H,34,35). The Balaban J connectivity index is 1.57. The number of carbonyl (C=O) groups is 1. The molecule has 3 heterocycles. The maximum atomic E-state index is 13.0. The Morgan fingerprint density at radius 1 is 1.11 bits per heavy atom. The van der Waals surface area contributed by atoms with Crippen molar-refractivity contribution in [2.45, 2.75) is 45.1 Å². The van der Waals surface area contributed by atoms with Crippen LogP contribution in [0.1, 0.15) is 53.9 Å². The van der Waals surface area contributed by atoms with E-state index in [0.717, 1.165) is 29.5 Å². The quantitative estimate of drug-likeness (QED) is 0.510. The van der Waals surface area contributed by atoms with Crippen molar-refractivity contribution in [1.82, 2.24) is 9.97 Å². The van der Waals surface area contributed by atoms with Crippen molar-refractivity contribution in [2.24, 2.45) is 0 Å². The van der Waals surface area contributed by atoms with Gasteiger partial charge >= 0.3 is 0 Å². The molecule has 8 nitrogen and oxygen atoms in total. The van der Waals surface area contributed by atoms with Gasteiger partial charge in [-0.2, -0.15) is 10.5 Å². The van der Waals surface area contributed by atoms with Gasteiger partial charge in [0.25, 0.3) is 5.91 Å². The van der Waals surface area contributed by atoms with Crippen LogP contribution in [0.5, 0.6) is 0 Å². The largest absolute Gasteiger partial charge is 0.381 e. The molecule has 0 unspecified atom stereocenters. The van der Waals surface area contributed by atoms with Crippen molar-refractivity contribution in [2.75, 3.05) is 23.8 Å². The van der Waals surface area contributed by atoms with E-state index < -0.39 is 5.41 Å². The zero-order chi connectivity index (χ0) is 25.7. The molecule has 0 spiro atoms. The Labute approximate surface area is 211 Å². The van der Waals surface area contributed by atoms with E-state index in [4.69, 9.17) is 4.74 Å². The number of anilines is 2. The third kappa shape index (κ3) is 5.51. The summed E-state index contributed by atoms with van der Waals surface area (Å²) >= 11 is 0. The normalized spacial score (nSPS) is 13.9. The van der Waals surface area contributed by atoms with Crippen LogP contribution in [-0.4, -0.2) is 35.1 Å². The van der Waals surface area contributed by atoms with Crippen LogP contribution in [0.25, 0.3) is 11.1 Å². The molecule has 2 N–H and O–H groups in total. The van der Waals surface area contributed by atoms with Crippen LogP contribution >= 0.6 is 0 Å². The third-order valence-corrected chi connectivity index (χ3v) is 6.32. The second-order valence-electron chi connectivity index (χ2n) is 9.41. The van der Waals surface area contributed by atoms with Crippen molar-refractivity contribution in [1.29, 1.82) is 10.5 Å². The van der Waals surface area contributed by atoms with Crippen LogP contribution in [0.15, 0.2) is 48.8 Å². The summed E-state index contributed by atoms with van der Waals surface area (Å²) in [5.74, 6) is 0.276. The number of nitrogens with one attached hydrogen (secondary N) is 2. The number of carbonyl (C=O) groups excluding carboxylic acids is 1. The van der Waals surface area contributed by atoms with Crippen molar-refractivity contribution in [3.63, 3.8) is 0 Å². The van der Waals surface area contributed by atoms with E-state index in [2.05, 4.69) is 32.7 Å². The summed E-state index contributed by atoms with van der Waals surface area (Å²) < 4.78 is 5.41. The van der Waals surface area contributed by atoms with Crippen molar-refractivity contribution < 1.29 is 9.53 Å². The fraction of sp³-hybridized carbons (Fsp3) is 0.321. The maximum Gasteiger partial charge on any atom is 0.255 e. The molecule has 0 aliphatic carbocycles. The van der Waals surface area contributed by atoms with Crippen LogP contribution in [0.4, 0.5) is 11.5 Å². The topological polar surface area (TPSA) is 124 Å². The van der Waals surface area contributed by atoms with Gasteiger partial charge in [0.15, 0.2) is 0 Å². The highest BCUT2D eigenvalue weighted by atomic mass is 16.5. The van der Waals surface area contributed by atoms with Gasteiger partial charge < -0.3 is 15.4 Å². The molecule has 4 rings (SSSR count). The predicted molar refractivity (Wildman–Crippen MR) is 137 cm³/mol. The van der Waals surface area contributed by atoms with Crippen molar-refractivity contribution in [3.05, 3.63) is 71.2 Å². The molecule has 3 aromatic rings. The van der Waals surface area contributed by atoms with Gasteiger partial charge in [-0.05, 0) is 75.1 Å². The molecule has 182 valence electrons. The molecule has 0 saturated carbocycles. The average molecular weight is 481 g/mol. The number of hydrogen-bond acceptors (Lipinski definition) is 7. The minimum absolute atomic E-state index is 0.233. The number of nitriles is 2. The highest BCUT2D eigenvalue weighted by Crippen LogP contribution is 2.29. The minimum Gasteiger partial charge on any atom is -0.381 e. The van der Waals surface area contributed by atoms with Crippen LogP contribution in [0.2, 0.25) is 0 Å². The lowest BCUT2D eigenvalue weighted by atomic mass is 9.90. The lowest BCUT2D eigenvalue weighted by Gasteiger charge is -2.24. The smallest absolute Gasteiger partial charge is 0.255 e. The first-order valence-electron chi connectivity index (χ1n) is 11.9. The van der Waals surface area contributed by atoms with Gasteiger partial charge in [-0.3, -0.25) is 9.78 Å². The van der Waals surface area contributed by atoms with Gasteiger partial charge in [-0.15, -0.1) is 0 Å². The van der Waals surface area contributed by atoms with Crippen LogP contribution < -0.4 is 10.6 Å². The summed E-state index contributed by atoms with van der Waals surface area (Å²) in [4.78, 5) is 21.7. The molecule has 0 radical (unpaired) electrons. The molecule has 8 heteroatoms. The average Bonchev–Trinajstić information content (AvgIpc) is 2.90. The predicted octanol–water partition coefficient (Wildman–Crippen LogP) is 4.97. The lowest BCUT2D eigenvalue weighted by Crippen LogP contribution is -2.28. The van der Waals surface area contributed by atoms with E-state index in [0.29, 0.717) is 41.5 Å². The molecule has 1 amide bonds. The Kier molecular flexibility index (Phi) is 7.28. The van der Waals surface area contributed by atoms with Gasteiger partial charge in [0.2, 0.25) is 0 Å². The number of ether oxygens (including phenoxy) is 1. The molecule has 0 bridgehead atoms. The van der Waals surface area contributed by atoms with Crippen LogP contribution in [0, 0.1) is 29.6 Å². The molecule has 1 aliphatic heterocycles. The van der Waals surface area contributed by atoms with E-state index in [1.54, 1.807) is 32.2 Å². The van der Waals surface area contributed by atoms with Gasteiger partial charge in [-0.25, -0.2) is 4.98 Å². The molecule has 1 aromatic carbocycles. The van der Waals surface area contributed by atoms with Crippen LogP contribution in [0.3, 0.4) is 0 Å². The Morgan fingerprint density at radius 2 is 1.89 bits per heavy atom. The molecule has 1 fully saturated rings. The fourth-order valence-corrected chi connectivity index (χ4v) is 4.03. The van der Waals surface area contributed by atoms with E-state index >= 15 is 0 Å². The molecule has 1 saturated heterocycles. The number of aromatic nitrogens is 2. The summed E-state index contributed by atoms with van der Waals surface area (Å²) in [6, 6.07) is 15.4. The Hall–Kier alpha value is -4.27. The molecule has 0 atom stereocenters. The van der Waals surface area contributed by atoms with Crippen LogP contribution in [-0.2, 0) is 10.2 Å². The maximum absolute atomic E-state index is 13.0. The fourth-order valence-electron chi connectivity index (χ4n) is 4.03. The summed E-state index contributed by atoms with van der Waals surface area (Å²) in [7, 11) is 0. The first kappa shape index (κ1) is 24.8. The number of nitrogens with zero attached hydrogens (tertiary/aromatic N) is 4. The Bertz CT molecular complexity index is 1360. The van der Waals surface area contributed by atoms with Gasteiger partial charge in [0.1, 0.15) is 11.9 Å². The SMILES string of the molecule is Cc1ccc(NC(=O)c2ccnc(C(C)(C)C#N)c2)cc1-c1cnc(NC2CCOCC2)c(C#N)c1. The zero-order valence-corrected chi connectivity index (χ0v) is 20.6. The molecular formula is C28H28N6O2. The highest BCUT2D eigenvalue weighted by Gasteiger charge is 2.23. The summed E-state index contributed by atoms with van der Waals surface area (Å²) in [6.45, 7) is 6.90. The summed E-state index contributed by atoms with van der Waals surface area (Å²) in [6.07, 6.45) is 5.04. The highest BCUT2D eigenvalue weighted by molar-refractivity contribution is 6.04. The lowest BCUT2D eigenvalue weighted by molar-refractivity contribution is 0.0904. The first-order valence-corrected chi connectivity index (χ1v) is 11.9. The van der Waals surface area contributed by atoms with Crippen molar-refractivity contribution in [3.8, 4) is 23.3 Å². The van der Waals surface area contributed by atoms with Crippen molar-refractivity contribution >= 4 is 17.4 Å². The number of rotatable bonds is 6. The van der Waals surface area contributed by atoms with Gasteiger partial charge in [-0.1, -0.05) is 6.07 Å². The number of aryl methyl sites for hydroxylation is 1. The molecule has 36 heavy (non-hydrogen) atoms. The van der Waals surface area contributed by atoms with Gasteiger partial charge in [0, 0.05) is 48.5 Å². The zero-order valence-electron chi connectivity index (χ0n) is 20.6. The van der Waals surface area contributed by atoms with E-state index in [1.165, 1.54) is 6.20 Å². The number of benzene rings is 1. The summed E-state index contributed by atoms with van der Waals surface area (Å²) in [5, 5.41) is 25.4. The van der Waals surface area contributed by atoms with E-state index in [1.807, 2.05) is 31.2 Å². The Morgan fingerprint density at radius 3 is 2.61 bits per heavy atom. The van der Waals surface area contributed by atoms with E-state index in [-0.39, 0.29) is 11.9 Å². The monoisotopic (exact) mass is 480 g/mol. The molecule has 1 aliphatic rings. The molecule has 2 aromatic heterocycles.